The van der Waals surface area contributed by atoms with Gasteiger partial charge in [-0.15, -0.1) is 0 Å². The van der Waals surface area contributed by atoms with Crippen LogP contribution in [0.4, 0.5) is 0 Å². The lowest BCUT2D eigenvalue weighted by Crippen LogP contribution is -2.51. The highest BCUT2D eigenvalue weighted by Crippen LogP contribution is 2.32. The molecule has 1 fully saturated rings. The molecule has 26 heavy (non-hydrogen) atoms. The number of carbonyl (C=O) groups is 2. The van der Waals surface area contributed by atoms with Crippen molar-refractivity contribution in [2.75, 3.05) is 33.0 Å². The van der Waals surface area contributed by atoms with Crippen LogP contribution in [-0.4, -0.2) is 59.6 Å². The lowest BCUT2D eigenvalue weighted by Gasteiger charge is -2.34. The molecule has 134 valence electrons. The Bertz CT molecular complexity index is 817. The summed E-state index contributed by atoms with van der Waals surface area (Å²) >= 11 is 0. The second kappa shape index (κ2) is 7.03. The second-order valence-corrected chi connectivity index (χ2v) is 6.25. The van der Waals surface area contributed by atoms with E-state index in [1.54, 1.807) is 34.2 Å². The van der Waals surface area contributed by atoms with Crippen LogP contribution in [0.5, 0.6) is 11.5 Å². The third-order valence-corrected chi connectivity index (χ3v) is 4.60. The van der Waals surface area contributed by atoms with Crippen LogP contribution in [0.15, 0.2) is 42.6 Å². The van der Waals surface area contributed by atoms with E-state index in [0.29, 0.717) is 49.8 Å². The zero-order chi connectivity index (χ0) is 17.9. The summed E-state index contributed by atoms with van der Waals surface area (Å²) < 4.78 is 10.6. The zero-order valence-corrected chi connectivity index (χ0v) is 14.3. The molecular weight excluding hydrogens is 334 g/mol. The molecule has 0 bridgehead atoms. The summed E-state index contributed by atoms with van der Waals surface area (Å²) in [5.74, 6) is 1.35. The normalized spacial score (nSPS) is 15.8. The van der Waals surface area contributed by atoms with Crippen LogP contribution in [0, 0.1) is 0 Å². The van der Waals surface area contributed by atoms with E-state index in [1.165, 1.54) is 0 Å². The first-order valence-electron chi connectivity index (χ1n) is 8.57. The van der Waals surface area contributed by atoms with Gasteiger partial charge in [0.05, 0.1) is 6.42 Å². The number of rotatable bonds is 3. The van der Waals surface area contributed by atoms with E-state index < -0.39 is 0 Å². The minimum Gasteiger partial charge on any atom is -0.454 e. The fraction of sp³-hybridized carbons (Fsp3) is 0.316. The molecule has 7 nitrogen and oxygen atoms in total. The van der Waals surface area contributed by atoms with Crippen molar-refractivity contribution in [2.45, 2.75) is 6.42 Å². The molecule has 2 amide bonds. The average Bonchev–Trinajstić information content (AvgIpc) is 3.16. The molecule has 2 aliphatic rings. The number of pyridine rings is 1. The summed E-state index contributed by atoms with van der Waals surface area (Å²) in [5.41, 5.74) is 1.33. The number of carbonyl (C=O) groups excluding carboxylic acids is 2. The van der Waals surface area contributed by atoms with Crippen LogP contribution < -0.4 is 9.47 Å². The van der Waals surface area contributed by atoms with Gasteiger partial charge in [0.2, 0.25) is 12.7 Å². The number of nitrogens with zero attached hydrogens (tertiary/aromatic N) is 3. The van der Waals surface area contributed by atoms with Gasteiger partial charge in [-0.1, -0.05) is 12.1 Å². The summed E-state index contributed by atoms with van der Waals surface area (Å²) in [6.07, 6.45) is 1.92. The highest BCUT2D eigenvalue weighted by atomic mass is 16.7. The predicted octanol–water partition coefficient (Wildman–Crippen LogP) is 1.34. The van der Waals surface area contributed by atoms with E-state index in [1.807, 2.05) is 18.2 Å². The monoisotopic (exact) mass is 353 g/mol. The molecule has 0 radical (unpaired) electrons. The van der Waals surface area contributed by atoms with Crippen molar-refractivity contribution >= 4 is 11.8 Å². The van der Waals surface area contributed by atoms with E-state index in [0.717, 1.165) is 5.56 Å². The highest BCUT2D eigenvalue weighted by Gasteiger charge is 2.25. The van der Waals surface area contributed by atoms with Crippen molar-refractivity contribution in [3.05, 3.63) is 53.9 Å². The lowest BCUT2D eigenvalue weighted by molar-refractivity contribution is -0.131. The van der Waals surface area contributed by atoms with Crippen LogP contribution in [-0.2, 0) is 11.2 Å². The lowest BCUT2D eigenvalue weighted by atomic mass is 10.1. The fourth-order valence-corrected chi connectivity index (χ4v) is 3.15. The van der Waals surface area contributed by atoms with Gasteiger partial charge in [-0.2, -0.15) is 0 Å². The molecule has 1 aromatic carbocycles. The van der Waals surface area contributed by atoms with Crippen LogP contribution in [0.2, 0.25) is 0 Å². The van der Waals surface area contributed by atoms with Gasteiger partial charge < -0.3 is 19.3 Å². The first-order valence-corrected chi connectivity index (χ1v) is 8.57. The largest absolute Gasteiger partial charge is 0.454 e. The molecule has 0 atom stereocenters. The molecule has 1 saturated heterocycles. The van der Waals surface area contributed by atoms with Crippen molar-refractivity contribution in [3.63, 3.8) is 0 Å². The number of aromatic nitrogens is 1. The maximum atomic E-state index is 12.6. The Kier molecular flexibility index (Phi) is 4.43. The second-order valence-electron chi connectivity index (χ2n) is 6.25. The Morgan fingerprint density at radius 2 is 1.73 bits per heavy atom. The van der Waals surface area contributed by atoms with E-state index in [9.17, 15) is 9.59 Å². The molecule has 0 N–H and O–H groups in total. The molecule has 0 unspecified atom stereocenters. The quantitative estimate of drug-likeness (QED) is 0.833. The van der Waals surface area contributed by atoms with Gasteiger partial charge >= 0.3 is 0 Å². The van der Waals surface area contributed by atoms with Gasteiger partial charge in [0.25, 0.3) is 5.91 Å². The number of amides is 2. The molecular formula is C19H19N3O4. The Balaban J connectivity index is 1.33. The molecule has 0 spiro atoms. The summed E-state index contributed by atoms with van der Waals surface area (Å²) in [4.78, 5) is 32.6. The van der Waals surface area contributed by atoms with Crippen molar-refractivity contribution in [2.24, 2.45) is 0 Å². The number of hydrogen-bond acceptors (Lipinski definition) is 5. The molecule has 3 heterocycles. The van der Waals surface area contributed by atoms with Crippen molar-refractivity contribution in [3.8, 4) is 11.5 Å². The summed E-state index contributed by atoms with van der Waals surface area (Å²) in [6.45, 7) is 2.31. The van der Waals surface area contributed by atoms with Gasteiger partial charge in [0.1, 0.15) is 5.69 Å². The summed E-state index contributed by atoms with van der Waals surface area (Å²) in [7, 11) is 0. The predicted molar refractivity (Wildman–Crippen MR) is 93.0 cm³/mol. The van der Waals surface area contributed by atoms with Gasteiger partial charge in [-0.3, -0.25) is 14.6 Å². The van der Waals surface area contributed by atoms with Crippen molar-refractivity contribution < 1.29 is 19.1 Å². The standard InChI is InChI=1S/C19H19N3O4/c23-18(12-14-4-5-16-17(11-14)26-13-25-16)21-7-9-22(10-8-21)19(24)15-3-1-2-6-20-15/h1-6,11H,7-10,12-13H2. The van der Waals surface area contributed by atoms with Crippen LogP contribution >= 0.6 is 0 Å². The maximum absolute atomic E-state index is 12.6. The topological polar surface area (TPSA) is 72.0 Å². The first kappa shape index (κ1) is 16.4. The minimum absolute atomic E-state index is 0.0498. The Hall–Kier alpha value is -3.09. The number of fused-ring (bicyclic) bond motifs is 1. The molecule has 1 aromatic heterocycles. The number of ether oxygens (including phenoxy) is 2. The Morgan fingerprint density at radius 1 is 0.962 bits per heavy atom. The highest BCUT2D eigenvalue weighted by molar-refractivity contribution is 5.92. The molecule has 4 rings (SSSR count). The molecule has 7 heteroatoms. The SMILES string of the molecule is O=C(Cc1ccc2c(c1)OCO2)N1CCN(C(=O)c2ccccn2)CC1. The Morgan fingerprint density at radius 3 is 2.50 bits per heavy atom. The van der Waals surface area contributed by atoms with Crippen molar-refractivity contribution in [1.29, 1.82) is 0 Å². The average molecular weight is 353 g/mol. The van der Waals surface area contributed by atoms with Gasteiger partial charge in [-0.05, 0) is 29.8 Å². The minimum atomic E-state index is -0.0894. The maximum Gasteiger partial charge on any atom is 0.272 e. The van der Waals surface area contributed by atoms with E-state index >= 15 is 0 Å². The molecule has 2 aliphatic heterocycles. The number of hydrogen-bond donors (Lipinski definition) is 0. The van der Waals surface area contributed by atoms with E-state index in [-0.39, 0.29) is 18.6 Å². The number of benzene rings is 1. The summed E-state index contributed by atoms with van der Waals surface area (Å²) in [5, 5.41) is 0. The van der Waals surface area contributed by atoms with Gasteiger partial charge in [-0.25, -0.2) is 0 Å². The third kappa shape index (κ3) is 3.33. The number of piperazine rings is 1. The molecule has 2 aromatic rings. The smallest absolute Gasteiger partial charge is 0.272 e. The van der Waals surface area contributed by atoms with E-state index in [4.69, 9.17) is 9.47 Å². The van der Waals surface area contributed by atoms with Gasteiger partial charge in [0.15, 0.2) is 11.5 Å². The molecule has 0 aliphatic carbocycles. The molecule has 0 saturated carbocycles. The van der Waals surface area contributed by atoms with Crippen LogP contribution in [0.3, 0.4) is 0 Å². The fourth-order valence-electron chi connectivity index (χ4n) is 3.15. The van der Waals surface area contributed by atoms with E-state index in [2.05, 4.69) is 4.98 Å². The first-order chi connectivity index (χ1) is 12.7. The third-order valence-electron chi connectivity index (χ3n) is 4.60. The van der Waals surface area contributed by atoms with Crippen LogP contribution in [0.1, 0.15) is 16.1 Å². The van der Waals surface area contributed by atoms with Crippen LogP contribution in [0.25, 0.3) is 0 Å². The van der Waals surface area contributed by atoms with Crippen molar-refractivity contribution in [1.82, 2.24) is 14.8 Å². The summed E-state index contributed by atoms with van der Waals surface area (Å²) in [6, 6.07) is 10.8. The van der Waals surface area contributed by atoms with Gasteiger partial charge in [0, 0.05) is 32.4 Å². The Labute approximate surface area is 151 Å². The zero-order valence-electron chi connectivity index (χ0n) is 14.3.